The van der Waals surface area contributed by atoms with Gasteiger partial charge in [0.15, 0.2) is 0 Å². The molecule has 0 fully saturated rings. The summed E-state index contributed by atoms with van der Waals surface area (Å²) < 4.78 is 0. The van der Waals surface area contributed by atoms with Gasteiger partial charge < -0.3 is 0 Å². The zero-order valence-electron chi connectivity index (χ0n) is 11.7. The summed E-state index contributed by atoms with van der Waals surface area (Å²) in [5.74, 6) is 0. The van der Waals surface area contributed by atoms with Crippen LogP contribution in [0.1, 0.15) is 11.1 Å². The summed E-state index contributed by atoms with van der Waals surface area (Å²) in [4.78, 5) is 9.50. The molecule has 2 aromatic carbocycles. The van der Waals surface area contributed by atoms with Crippen molar-refractivity contribution < 1.29 is 0 Å². The highest BCUT2D eigenvalue weighted by Crippen LogP contribution is 2.47. The van der Waals surface area contributed by atoms with E-state index in [9.17, 15) is 10.5 Å². The summed E-state index contributed by atoms with van der Waals surface area (Å²) >= 11 is 1.58. The summed E-state index contributed by atoms with van der Waals surface area (Å²) in [6.07, 6.45) is 0. The molecule has 5 heteroatoms. The fraction of sp³-hybridized carbons (Fsp3) is 0. The molecule has 0 saturated heterocycles. The molecule has 2 heterocycles. The third-order valence-corrected chi connectivity index (χ3v) is 4.94. The maximum absolute atomic E-state index is 9.41. The van der Waals surface area contributed by atoms with Crippen LogP contribution in [0.5, 0.6) is 0 Å². The van der Waals surface area contributed by atoms with Gasteiger partial charge in [-0.3, -0.25) is 0 Å². The predicted molar refractivity (Wildman–Crippen MR) is 88.8 cm³/mol. The molecule has 5 rings (SSSR count). The number of aromatic nitrogens is 2. The van der Waals surface area contributed by atoms with Crippen molar-refractivity contribution in [2.24, 2.45) is 0 Å². The fourth-order valence-electron chi connectivity index (χ4n) is 3.25. The number of rotatable bonds is 0. The first kappa shape index (κ1) is 12.3. The smallest absolute Gasteiger partial charge is 0.100 e. The first-order valence-corrected chi connectivity index (χ1v) is 7.90. The van der Waals surface area contributed by atoms with E-state index in [2.05, 4.69) is 12.1 Å². The minimum Gasteiger partial charge on any atom is -0.243 e. The second kappa shape index (κ2) is 4.13. The number of nitrogens with zero attached hydrogens (tertiary/aromatic N) is 4. The molecule has 0 atom stereocenters. The number of nitriles is 2. The molecule has 1 aliphatic carbocycles. The van der Waals surface area contributed by atoms with E-state index in [1.54, 1.807) is 23.5 Å². The predicted octanol–water partition coefficient (Wildman–Crippen LogP) is 4.24. The largest absolute Gasteiger partial charge is 0.243 e. The van der Waals surface area contributed by atoms with Crippen LogP contribution in [-0.4, -0.2) is 9.97 Å². The van der Waals surface area contributed by atoms with Crippen molar-refractivity contribution in [1.82, 2.24) is 9.97 Å². The Morgan fingerprint density at radius 3 is 1.74 bits per heavy atom. The van der Waals surface area contributed by atoms with Gasteiger partial charge in [-0.25, -0.2) is 9.97 Å². The summed E-state index contributed by atoms with van der Waals surface area (Å²) in [6.45, 7) is 0. The van der Waals surface area contributed by atoms with Crippen molar-refractivity contribution in [2.45, 2.75) is 0 Å². The topological polar surface area (TPSA) is 73.4 Å². The third kappa shape index (κ3) is 1.42. The molecule has 0 radical (unpaired) electrons. The van der Waals surface area contributed by atoms with Gasteiger partial charge in [0, 0.05) is 32.7 Å². The van der Waals surface area contributed by atoms with Crippen LogP contribution in [0.15, 0.2) is 35.0 Å². The second-order valence-corrected chi connectivity index (χ2v) is 6.10. The zero-order chi connectivity index (χ0) is 15.6. The lowest BCUT2D eigenvalue weighted by atomic mass is 9.96. The normalized spacial score (nSPS) is 11.4. The van der Waals surface area contributed by atoms with Gasteiger partial charge in [-0.1, -0.05) is 12.1 Å². The Kier molecular flexibility index (Phi) is 2.21. The lowest BCUT2D eigenvalue weighted by Gasteiger charge is -2.05. The number of benzene rings is 2. The van der Waals surface area contributed by atoms with E-state index in [0.29, 0.717) is 16.5 Å². The Labute approximate surface area is 134 Å². The summed E-state index contributed by atoms with van der Waals surface area (Å²) in [7, 11) is 0. The van der Waals surface area contributed by atoms with E-state index in [1.165, 1.54) is 0 Å². The van der Waals surface area contributed by atoms with Crippen molar-refractivity contribution in [3.63, 3.8) is 0 Å². The van der Waals surface area contributed by atoms with Crippen LogP contribution < -0.4 is 0 Å². The molecule has 104 valence electrons. The van der Waals surface area contributed by atoms with E-state index < -0.39 is 0 Å². The van der Waals surface area contributed by atoms with Crippen molar-refractivity contribution in [1.29, 1.82) is 10.5 Å². The molecule has 0 N–H and O–H groups in total. The molecule has 0 unspecified atom stereocenters. The molecule has 0 amide bonds. The number of thiophene rings is 1. The maximum Gasteiger partial charge on any atom is 0.100 e. The van der Waals surface area contributed by atoms with Crippen molar-refractivity contribution >= 4 is 33.1 Å². The minimum atomic E-state index is 0.510. The number of hydrogen-bond donors (Lipinski definition) is 0. The Hall–Kier alpha value is -3.28. The van der Waals surface area contributed by atoms with Crippen molar-refractivity contribution in [3.05, 3.63) is 46.2 Å². The Morgan fingerprint density at radius 2 is 1.26 bits per heavy atom. The molecule has 4 aromatic rings. The first-order valence-electron chi connectivity index (χ1n) is 6.96. The molecule has 0 saturated carbocycles. The van der Waals surface area contributed by atoms with Crippen LogP contribution in [0.25, 0.3) is 44.3 Å². The van der Waals surface area contributed by atoms with Gasteiger partial charge in [-0.15, -0.1) is 11.3 Å². The minimum absolute atomic E-state index is 0.510. The Bertz CT molecular complexity index is 1150. The number of hydrogen-bond acceptors (Lipinski definition) is 5. The SMILES string of the molecule is N#Cc1ccc2c3c(ccc(C#N)c13)-c1nc3cscc3nc1-2. The molecular weight excluding hydrogens is 304 g/mol. The summed E-state index contributed by atoms with van der Waals surface area (Å²) in [5.41, 5.74) is 6.32. The molecule has 4 nitrogen and oxygen atoms in total. The van der Waals surface area contributed by atoms with E-state index in [0.717, 1.165) is 38.9 Å². The lowest BCUT2D eigenvalue weighted by Crippen LogP contribution is -1.87. The molecule has 1 aliphatic rings. The first-order chi connectivity index (χ1) is 11.3. The van der Waals surface area contributed by atoms with Gasteiger partial charge in [0.25, 0.3) is 0 Å². The molecule has 0 bridgehead atoms. The van der Waals surface area contributed by atoms with E-state index in [-0.39, 0.29) is 0 Å². The second-order valence-electron chi connectivity index (χ2n) is 5.36. The van der Waals surface area contributed by atoms with Crippen LogP contribution in [0.2, 0.25) is 0 Å². The average molecular weight is 310 g/mol. The Morgan fingerprint density at radius 1 is 0.739 bits per heavy atom. The van der Waals surface area contributed by atoms with Gasteiger partial charge in [-0.05, 0) is 12.1 Å². The molecule has 2 aromatic heterocycles. The maximum atomic E-state index is 9.41. The van der Waals surface area contributed by atoms with Gasteiger partial charge >= 0.3 is 0 Å². The monoisotopic (exact) mass is 310 g/mol. The highest BCUT2D eigenvalue weighted by molar-refractivity contribution is 7.09. The van der Waals surface area contributed by atoms with Crippen molar-refractivity contribution in [3.8, 4) is 34.7 Å². The van der Waals surface area contributed by atoms with Gasteiger partial charge in [0.05, 0.1) is 34.7 Å². The van der Waals surface area contributed by atoms with Gasteiger partial charge in [0.2, 0.25) is 0 Å². The summed E-state index contributed by atoms with van der Waals surface area (Å²) in [5, 5.41) is 24.4. The zero-order valence-corrected chi connectivity index (χ0v) is 12.5. The van der Waals surface area contributed by atoms with Crippen LogP contribution in [0, 0.1) is 22.7 Å². The van der Waals surface area contributed by atoms with Gasteiger partial charge in [-0.2, -0.15) is 10.5 Å². The van der Waals surface area contributed by atoms with Crippen LogP contribution in [-0.2, 0) is 0 Å². The lowest BCUT2D eigenvalue weighted by molar-refractivity contribution is 1.33. The number of fused-ring (bicyclic) bond motifs is 4. The molecular formula is C18H6N4S. The van der Waals surface area contributed by atoms with Crippen molar-refractivity contribution in [2.75, 3.05) is 0 Å². The van der Waals surface area contributed by atoms with Gasteiger partial charge in [0.1, 0.15) is 11.0 Å². The molecule has 0 aliphatic heterocycles. The average Bonchev–Trinajstić information content (AvgIpc) is 3.17. The summed E-state index contributed by atoms with van der Waals surface area (Å²) in [6, 6.07) is 11.7. The quantitative estimate of drug-likeness (QED) is 0.429. The Balaban J connectivity index is 2.03. The highest BCUT2D eigenvalue weighted by atomic mass is 32.1. The van der Waals surface area contributed by atoms with Crippen LogP contribution in [0.3, 0.4) is 0 Å². The van der Waals surface area contributed by atoms with Crippen LogP contribution in [0.4, 0.5) is 0 Å². The fourth-order valence-corrected chi connectivity index (χ4v) is 3.92. The molecule has 0 spiro atoms. The highest BCUT2D eigenvalue weighted by Gasteiger charge is 2.27. The standard InChI is InChI=1S/C18H6N4S/c19-5-9-1-3-11-16-12(4-2-10(6-20)15(9)16)18-17(11)21-13-7-23-8-14(13)22-18/h1-4,7-8H. The third-order valence-electron chi connectivity index (χ3n) is 4.22. The molecule has 23 heavy (non-hydrogen) atoms. The van der Waals surface area contributed by atoms with E-state index in [4.69, 9.17) is 9.97 Å². The van der Waals surface area contributed by atoms with E-state index >= 15 is 0 Å². The van der Waals surface area contributed by atoms with E-state index in [1.807, 2.05) is 22.9 Å². The van der Waals surface area contributed by atoms with Crippen LogP contribution >= 0.6 is 11.3 Å².